The zero-order valence-corrected chi connectivity index (χ0v) is 17.8. The number of unbranched alkanes of at least 4 members (excludes halogenated alkanes) is 2. The quantitative estimate of drug-likeness (QED) is 0.108. The lowest BCUT2D eigenvalue weighted by Crippen LogP contribution is -2.02. The van der Waals surface area contributed by atoms with E-state index in [4.69, 9.17) is 9.47 Å². The molecule has 0 aliphatic carbocycles. The van der Waals surface area contributed by atoms with Crippen LogP contribution in [0.15, 0.2) is 72.7 Å². The maximum Gasteiger partial charge on any atom is 0.342 e. The third-order valence-corrected chi connectivity index (χ3v) is 4.47. The Morgan fingerprint density at radius 3 is 1.76 bits per heavy atom. The van der Waals surface area contributed by atoms with Crippen LogP contribution in [0.4, 0.5) is 11.4 Å². The molecule has 0 aliphatic rings. The largest absolute Gasteiger partial charge is 0.431 e. The minimum absolute atomic E-state index is 0.139. The summed E-state index contributed by atoms with van der Waals surface area (Å²) in [7, 11) is 0. The van der Waals surface area contributed by atoms with Crippen LogP contribution in [0.1, 0.15) is 53.3 Å². The predicted molar refractivity (Wildman–Crippen MR) is 118 cm³/mol. The molecule has 0 amide bonds. The number of non-ortho nitro benzene ring substituents is 2. The summed E-state index contributed by atoms with van der Waals surface area (Å²) >= 11 is 0. The summed E-state index contributed by atoms with van der Waals surface area (Å²) in [5, 5.41) is 21.4. The van der Waals surface area contributed by atoms with Crippen molar-refractivity contribution in [3.63, 3.8) is 0 Å². The molecule has 0 fully saturated rings. The molecule has 0 heterocycles. The fourth-order valence-corrected chi connectivity index (χ4v) is 2.65. The Morgan fingerprint density at radius 1 is 0.818 bits per heavy atom. The number of esters is 2. The number of nitro benzene ring substituents is 2. The normalized spacial score (nSPS) is 11.2. The summed E-state index contributed by atoms with van der Waals surface area (Å²) in [6.45, 7) is 2.04. The minimum Gasteiger partial charge on any atom is -0.431 e. The molecule has 172 valence electrons. The Balaban J connectivity index is 2.03. The van der Waals surface area contributed by atoms with Crippen molar-refractivity contribution >= 4 is 23.3 Å². The fourth-order valence-electron chi connectivity index (χ4n) is 2.65. The summed E-state index contributed by atoms with van der Waals surface area (Å²) < 4.78 is 10.2. The van der Waals surface area contributed by atoms with Crippen LogP contribution < -0.4 is 0 Å². The van der Waals surface area contributed by atoms with Gasteiger partial charge in [0.15, 0.2) is 0 Å². The first kappa shape index (κ1) is 24.9. The van der Waals surface area contributed by atoms with Gasteiger partial charge in [-0.15, -0.1) is 0 Å². The maximum atomic E-state index is 12.2. The summed E-state index contributed by atoms with van der Waals surface area (Å²) in [5.41, 5.74) is 0.609. The highest BCUT2D eigenvalue weighted by Crippen LogP contribution is 2.16. The van der Waals surface area contributed by atoms with Crippen molar-refractivity contribution in [3.05, 3.63) is 104 Å². The number of benzene rings is 2. The number of nitrogens with zero attached hydrogens (tertiary/aromatic N) is 2. The van der Waals surface area contributed by atoms with Gasteiger partial charge in [0.05, 0.1) is 33.5 Å². The van der Waals surface area contributed by atoms with Crippen LogP contribution in [-0.2, 0) is 9.47 Å². The van der Waals surface area contributed by atoms with E-state index in [0.29, 0.717) is 12.0 Å². The number of hydrogen-bond donors (Lipinski definition) is 0. The van der Waals surface area contributed by atoms with E-state index >= 15 is 0 Å². The molecule has 0 atom stereocenters. The lowest BCUT2D eigenvalue weighted by molar-refractivity contribution is -0.385. The molecule has 0 aromatic heterocycles. The highest BCUT2D eigenvalue weighted by molar-refractivity contribution is 5.90. The molecule has 2 aromatic rings. The summed E-state index contributed by atoms with van der Waals surface area (Å²) in [4.78, 5) is 44.6. The summed E-state index contributed by atoms with van der Waals surface area (Å²) in [6.07, 6.45) is 7.20. The van der Waals surface area contributed by atoms with Crippen LogP contribution in [-0.4, -0.2) is 21.8 Å². The van der Waals surface area contributed by atoms with Gasteiger partial charge in [-0.2, -0.15) is 0 Å². The molecule has 33 heavy (non-hydrogen) atoms. The topological polar surface area (TPSA) is 139 Å². The molecule has 0 radical (unpaired) electrons. The Labute approximate surface area is 189 Å². The van der Waals surface area contributed by atoms with Gasteiger partial charge in [-0.1, -0.05) is 19.8 Å². The molecule has 10 nitrogen and oxygen atoms in total. The van der Waals surface area contributed by atoms with E-state index in [9.17, 15) is 29.8 Å². The molecular weight excluding hydrogens is 432 g/mol. The zero-order chi connectivity index (χ0) is 24.2. The van der Waals surface area contributed by atoms with E-state index in [1.54, 1.807) is 0 Å². The fraction of sp³-hybridized carbons (Fsp3) is 0.217. The highest BCUT2D eigenvalue weighted by Gasteiger charge is 2.11. The molecular formula is C23H22N2O8. The van der Waals surface area contributed by atoms with Crippen molar-refractivity contribution in [2.45, 2.75) is 32.6 Å². The minimum atomic E-state index is -0.697. The summed E-state index contributed by atoms with van der Waals surface area (Å²) in [6, 6.07) is 10.00. The number of nitro groups is 2. The average Bonchev–Trinajstić information content (AvgIpc) is 2.82. The second-order valence-corrected chi connectivity index (χ2v) is 6.87. The van der Waals surface area contributed by atoms with Gasteiger partial charge in [0.1, 0.15) is 0 Å². The molecule has 10 heteroatoms. The van der Waals surface area contributed by atoms with Crippen molar-refractivity contribution in [3.8, 4) is 0 Å². The number of hydrogen-bond acceptors (Lipinski definition) is 8. The predicted octanol–water partition coefficient (Wildman–Crippen LogP) is 5.49. The van der Waals surface area contributed by atoms with Crippen molar-refractivity contribution < 1.29 is 28.9 Å². The molecule has 2 aromatic carbocycles. The van der Waals surface area contributed by atoms with E-state index in [2.05, 4.69) is 0 Å². The SMILES string of the molecule is CCCCCC(C=COC(=O)c1ccc([N+](=O)[O-])cc1)=COC(=O)c1ccc([N+](=O)[O-])cc1. The van der Waals surface area contributed by atoms with E-state index < -0.39 is 21.8 Å². The van der Waals surface area contributed by atoms with Gasteiger partial charge in [0, 0.05) is 24.3 Å². The first-order valence-electron chi connectivity index (χ1n) is 10.1. The van der Waals surface area contributed by atoms with Crippen LogP contribution in [0.3, 0.4) is 0 Å². The van der Waals surface area contributed by atoms with E-state index in [1.807, 2.05) is 6.92 Å². The van der Waals surface area contributed by atoms with Gasteiger partial charge < -0.3 is 9.47 Å². The number of allylic oxidation sites excluding steroid dienone is 2. The molecule has 0 unspecified atom stereocenters. The monoisotopic (exact) mass is 454 g/mol. The summed E-state index contributed by atoms with van der Waals surface area (Å²) in [5.74, 6) is -1.38. The molecule has 0 aliphatic heterocycles. The van der Waals surface area contributed by atoms with E-state index in [0.717, 1.165) is 25.5 Å². The number of rotatable bonds is 11. The molecule has 0 N–H and O–H groups in total. The first-order valence-corrected chi connectivity index (χ1v) is 10.1. The van der Waals surface area contributed by atoms with Gasteiger partial charge in [-0.3, -0.25) is 20.2 Å². The van der Waals surface area contributed by atoms with Crippen molar-refractivity contribution in [2.75, 3.05) is 0 Å². The molecule has 0 saturated heterocycles. The lowest BCUT2D eigenvalue weighted by atomic mass is 10.1. The second-order valence-electron chi connectivity index (χ2n) is 6.87. The average molecular weight is 454 g/mol. The molecule has 0 spiro atoms. The smallest absolute Gasteiger partial charge is 0.342 e. The second kappa shape index (κ2) is 12.5. The van der Waals surface area contributed by atoms with Crippen LogP contribution in [0.2, 0.25) is 0 Å². The van der Waals surface area contributed by atoms with Crippen molar-refractivity contribution in [1.29, 1.82) is 0 Å². The third-order valence-electron chi connectivity index (χ3n) is 4.47. The maximum absolute atomic E-state index is 12.2. The Hall–Kier alpha value is -4.34. The van der Waals surface area contributed by atoms with Gasteiger partial charge in [0.2, 0.25) is 0 Å². The van der Waals surface area contributed by atoms with Gasteiger partial charge in [-0.05, 0) is 48.8 Å². The van der Waals surface area contributed by atoms with E-state index in [-0.39, 0.29) is 22.5 Å². The first-order chi connectivity index (χ1) is 15.8. The highest BCUT2D eigenvalue weighted by atomic mass is 16.6. The number of carbonyl (C=O) groups is 2. The van der Waals surface area contributed by atoms with Crippen LogP contribution in [0.5, 0.6) is 0 Å². The van der Waals surface area contributed by atoms with Crippen LogP contribution >= 0.6 is 0 Å². The standard InChI is InChI=1S/C23H22N2O8/c1-2-3-4-5-17(16-33-23(27)19-8-12-21(13-9-19)25(30)31)14-15-32-22(26)18-6-10-20(11-7-18)24(28)29/h6-16H,2-5H2,1H3. The Kier molecular flexibility index (Phi) is 9.44. The number of carbonyl (C=O) groups excluding carboxylic acids is 2. The van der Waals surface area contributed by atoms with Crippen molar-refractivity contribution in [1.82, 2.24) is 0 Å². The van der Waals surface area contributed by atoms with Gasteiger partial charge >= 0.3 is 11.9 Å². The third kappa shape index (κ3) is 8.02. The Bertz CT molecular complexity index is 1060. The van der Waals surface area contributed by atoms with Crippen LogP contribution in [0.25, 0.3) is 0 Å². The lowest BCUT2D eigenvalue weighted by Gasteiger charge is -2.04. The molecule has 2 rings (SSSR count). The van der Waals surface area contributed by atoms with Crippen molar-refractivity contribution in [2.24, 2.45) is 0 Å². The Morgan fingerprint density at radius 2 is 1.30 bits per heavy atom. The van der Waals surface area contributed by atoms with Gasteiger partial charge in [0.25, 0.3) is 11.4 Å². The number of ether oxygens (including phenoxy) is 2. The zero-order valence-electron chi connectivity index (χ0n) is 17.8. The van der Waals surface area contributed by atoms with Crippen LogP contribution in [0, 0.1) is 20.2 Å². The van der Waals surface area contributed by atoms with E-state index in [1.165, 1.54) is 60.9 Å². The molecule has 0 bridgehead atoms. The molecule has 0 saturated carbocycles. The van der Waals surface area contributed by atoms with Gasteiger partial charge in [-0.25, -0.2) is 9.59 Å².